The van der Waals surface area contributed by atoms with Gasteiger partial charge in [-0.05, 0) is 6.92 Å². The van der Waals surface area contributed by atoms with Gasteiger partial charge in [-0.3, -0.25) is 32.5 Å². The number of thioether (sulfide) groups is 1. The van der Waals surface area contributed by atoms with E-state index in [0.717, 1.165) is 29.0 Å². The number of aliphatic hydroxyl groups is 2. The van der Waals surface area contributed by atoms with Crippen LogP contribution in [0.1, 0.15) is 39.8 Å². The number of phosphoric acid groups is 3. The number of nitrogens with one attached hydrogen (secondary N) is 2. The summed E-state index contributed by atoms with van der Waals surface area (Å²) in [4.78, 5) is 87.0. The first kappa shape index (κ1) is 45.9. The maximum atomic E-state index is 12.6. The smallest absolute Gasteiger partial charge is 0.386 e. The third-order valence-corrected chi connectivity index (χ3v) is 11.3. The summed E-state index contributed by atoms with van der Waals surface area (Å²) < 4.78 is 62.0. The summed E-state index contributed by atoms with van der Waals surface area (Å²) in [7, 11) is -16.4. The predicted octanol–water partition coefficient (Wildman–Crippen LogP) is -1.60. The quantitative estimate of drug-likeness (QED) is 0.0499. The zero-order valence-corrected chi connectivity index (χ0v) is 32.4. The van der Waals surface area contributed by atoms with Gasteiger partial charge in [0.05, 0.1) is 19.5 Å². The Balaban J connectivity index is 1.51. The van der Waals surface area contributed by atoms with Gasteiger partial charge in [-0.15, -0.1) is 0 Å². The van der Waals surface area contributed by atoms with Crippen LogP contribution >= 0.6 is 35.2 Å². The number of imidazole rings is 1. The number of anilines is 1. The molecule has 54 heavy (non-hydrogen) atoms. The largest absolute Gasteiger partial charge is 0.481 e. The Hall–Kier alpha value is -2.48. The number of nitrogens with zero attached hydrogens (tertiary/aromatic N) is 4. The first-order valence-corrected chi connectivity index (χ1v) is 21.2. The van der Waals surface area contributed by atoms with Crippen LogP contribution in [0.2, 0.25) is 0 Å². The van der Waals surface area contributed by atoms with E-state index in [1.54, 1.807) is 6.92 Å². The third kappa shape index (κ3) is 13.9. The van der Waals surface area contributed by atoms with Crippen molar-refractivity contribution in [3.05, 3.63) is 12.7 Å². The number of aliphatic hydroxyl groups excluding tert-OH is 2. The van der Waals surface area contributed by atoms with Crippen molar-refractivity contribution in [2.45, 2.75) is 70.3 Å². The molecule has 0 spiro atoms. The molecule has 29 heteroatoms. The standard InChI is InChI=1S/C25H43N8O17P3S/c1-13(26)8-16(35)54-7-6-28-15(34)4-5-29-23(38)20(37)25(2,3)10-47-53(44,45)50-52(42,43)46-9-14-19(49-51(39,40)41)18(36)24(48-14)33-12-32-17-21(27)30-11-31-22(17)33/h11-14,18-20,24,36-37H,4-10,26H2,1-3H3,(H,28,34)(H,29,38)(H,42,43)(H,44,45)(H2,27,30,31)(H2,39,40,41)/t13?,14-,18-,19-,20?,24+/m1/s1. The highest BCUT2D eigenvalue weighted by molar-refractivity contribution is 8.13. The Morgan fingerprint density at radius 1 is 1.07 bits per heavy atom. The van der Waals surface area contributed by atoms with Gasteiger partial charge in [0, 0.05) is 43.1 Å². The molecule has 8 atom stereocenters. The van der Waals surface area contributed by atoms with Crippen LogP contribution < -0.4 is 22.1 Å². The maximum absolute atomic E-state index is 12.6. The molecule has 1 fully saturated rings. The summed E-state index contributed by atoms with van der Waals surface area (Å²) in [5.74, 6) is -1.16. The average molecular weight is 853 g/mol. The van der Waals surface area contributed by atoms with Gasteiger partial charge in [0.2, 0.25) is 11.8 Å². The number of fused-ring (bicyclic) bond motifs is 1. The van der Waals surface area contributed by atoms with Crippen LogP contribution in [-0.2, 0) is 50.7 Å². The fourth-order valence-electron chi connectivity index (χ4n) is 4.62. The molecule has 3 rings (SSSR count). The van der Waals surface area contributed by atoms with E-state index in [4.69, 9.17) is 25.3 Å². The fraction of sp³-hybridized carbons (Fsp3) is 0.680. The molecule has 0 bridgehead atoms. The van der Waals surface area contributed by atoms with E-state index in [9.17, 15) is 57.9 Å². The number of hydrogen-bond acceptors (Lipinski definition) is 19. The minimum atomic E-state index is -5.57. The van der Waals surface area contributed by atoms with Crippen LogP contribution in [0.25, 0.3) is 11.2 Å². The first-order chi connectivity index (χ1) is 24.9. The van der Waals surface area contributed by atoms with Crippen molar-refractivity contribution in [3.8, 4) is 0 Å². The van der Waals surface area contributed by atoms with E-state index in [2.05, 4.69) is 34.4 Å². The number of ether oxygens (including phenoxy) is 1. The lowest BCUT2D eigenvalue weighted by atomic mass is 9.87. The van der Waals surface area contributed by atoms with Gasteiger partial charge in [-0.1, -0.05) is 25.6 Å². The van der Waals surface area contributed by atoms with Gasteiger partial charge >= 0.3 is 23.5 Å². The molecule has 3 heterocycles. The normalized spacial score (nSPS) is 22.6. The molecular formula is C25H43N8O17P3S. The van der Waals surface area contributed by atoms with Crippen molar-refractivity contribution in [1.82, 2.24) is 30.2 Å². The Morgan fingerprint density at radius 2 is 1.74 bits per heavy atom. The molecule has 2 aromatic heterocycles. The van der Waals surface area contributed by atoms with Gasteiger partial charge in [0.25, 0.3) is 0 Å². The second-order valence-electron chi connectivity index (χ2n) is 12.5. The molecule has 2 aromatic rings. The third-order valence-electron chi connectivity index (χ3n) is 7.25. The fourth-order valence-corrected chi connectivity index (χ4v) is 8.26. The topological polar surface area (TPSA) is 390 Å². The summed E-state index contributed by atoms with van der Waals surface area (Å²) in [6, 6.07) is -0.280. The van der Waals surface area contributed by atoms with E-state index >= 15 is 0 Å². The Bertz CT molecular complexity index is 1780. The molecule has 2 amide bonds. The summed E-state index contributed by atoms with van der Waals surface area (Å²) in [6.07, 6.45) is -6.74. The molecule has 25 nitrogen and oxygen atoms in total. The summed E-state index contributed by atoms with van der Waals surface area (Å²) in [6.45, 7) is 2.14. The first-order valence-electron chi connectivity index (χ1n) is 15.7. The molecule has 306 valence electrons. The van der Waals surface area contributed by atoms with Crippen LogP contribution in [0.15, 0.2) is 12.7 Å². The van der Waals surface area contributed by atoms with Crippen LogP contribution in [0.5, 0.6) is 0 Å². The minimum absolute atomic E-state index is 0.0286. The predicted molar refractivity (Wildman–Crippen MR) is 185 cm³/mol. The number of carbonyl (C=O) groups excluding carboxylic acids is 3. The second kappa shape index (κ2) is 19.1. The van der Waals surface area contributed by atoms with Crippen LogP contribution in [0, 0.1) is 5.41 Å². The highest BCUT2D eigenvalue weighted by Crippen LogP contribution is 2.61. The number of nitrogen functional groups attached to an aromatic ring is 1. The molecule has 0 aliphatic carbocycles. The summed E-state index contributed by atoms with van der Waals surface area (Å²) >= 11 is 1.02. The number of carbonyl (C=O) groups is 3. The second-order valence-corrected chi connectivity index (χ2v) is 17.9. The lowest BCUT2D eigenvalue weighted by molar-refractivity contribution is -0.137. The molecule has 0 radical (unpaired) electrons. The molecule has 1 aliphatic rings. The lowest BCUT2D eigenvalue weighted by Gasteiger charge is -2.30. The van der Waals surface area contributed by atoms with Crippen LogP contribution in [-0.4, -0.2) is 129 Å². The molecule has 0 aromatic carbocycles. The molecule has 1 aliphatic heterocycles. The zero-order valence-electron chi connectivity index (χ0n) is 28.9. The van der Waals surface area contributed by atoms with Crippen molar-refractivity contribution in [2.24, 2.45) is 11.1 Å². The van der Waals surface area contributed by atoms with Crippen molar-refractivity contribution >= 4 is 69.1 Å². The van der Waals surface area contributed by atoms with Crippen molar-refractivity contribution in [1.29, 1.82) is 0 Å². The van der Waals surface area contributed by atoms with E-state index in [-0.39, 0.29) is 54.1 Å². The lowest BCUT2D eigenvalue weighted by Crippen LogP contribution is -2.46. The number of hydrogen-bond donors (Lipinski definition) is 10. The van der Waals surface area contributed by atoms with E-state index in [1.807, 2.05) is 0 Å². The number of amides is 2. The van der Waals surface area contributed by atoms with Gasteiger partial charge in [-0.25, -0.2) is 28.6 Å². The van der Waals surface area contributed by atoms with Gasteiger partial charge in [-0.2, -0.15) is 4.31 Å². The SMILES string of the molecule is CC(N)CC(=O)SCCNC(=O)CCNC(=O)C(O)C(C)(C)COP(=O)(O)OP(=O)(O)OC[C@H]1O[C@H](n2cnc3c(N)ncnc32)[C@H](O)[C@@H]1OP(=O)(O)O. The van der Waals surface area contributed by atoms with Crippen LogP contribution in [0.4, 0.5) is 5.82 Å². The van der Waals surface area contributed by atoms with E-state index < -0.39 is 84.6 Å². The van der Waals surface area contributed by atoms with Gasteiger partial charge < -0.3 is 56.6 Å². The number of phosphoric ester groups is 3. The number of aromatic nitrogens is 4. The molecular weight excluding hydrogens is 809 g/mol. The maximum Gasteiger partial charge on any atom is 0.481 e. The van der Waals surface area contributed by atoms with Crippen molar-refractivity contribution in [3.63, 3.8) is 0 Å². The van der Waals surface area contributed by atoms with E-state index in [0.29, 0.717) is 5.75 Å². The summed E-state index contributed by atoms with van der Waals surface area (Å²) in [5.41, 5.74) is 9.80. The number of rotatable bonds is 21. The zero-order chi connectivity index (χ0) is 40.6. The molecule has 4 unspecified atom stereocenters. The molecule has 12 N–H and O–H groups in total. The highest BCUT2D eigenvalue weighted by Gasteiger charge is 2.50. The Kier molecular flexibility index (Phi) is 16.2. The Morgan fingerprint density at radius 3 is 2.39 bits per heavy atom. The van der Waals surface area contributed by atoms with E-state index in [1.165, 1.54) is 13.8 Å². The van der Waals surface area contributed by atoms with Crippen molar-refractivity contribution < 1.29 is 80.5 Å². The van der Waals surface area contributed by atoms with Gasteiger partial charge in [0.1, 0.15) is 36.3 Å². The molecule has 1 saturated heterocycles. The number of nitrogens with two attached hydrogens (primary N) is 2. The monoisotopic (exact) mass is 852 g/mol. The average Bonchev–Trinajstić information content (AvgIpc) is 3.60. The molecule has 0 saturated carbocycles. The highest BCUT2D eigenvalue weighted by atomic mass is 32.2. The van der Waals surface area contributed by atoms with Crippen molar-refractivity contribution in [2.75, 3.05) is 37.8 Å². The van der Waals surface area contributed by atoms with Crippen LogP contribution in [0.3, 0.4) is 0 Å². The van der Waals surface area contributed by atoms with Gasteiger partial charge in [0.15, 0.2) is 22.8 Å². The minimum Gasteiger partial charge on any atom is -0.386 e. The summed E-state index contributed by atoms with van der Waals surface area (Å²) in [5, 5.41) is 26.1. The Labute approximate surface area is 311 Å².